The smallest absolute Gasteiger partial charge is 0.238 e. The van der Waals surface area contributed by atoms with Crippen molar-refractivity contribution in [1.29, 1.82) is 0 Å². The van der Waals surface area contributed by atoms with Gasteiger partial charge >= 0.3 is 0 Å². The van der Waals surface area contributed by atoms with Crippen molar-refractivity contribution in [1.82, 2.24) is 5.32 Å². The topological polar surface area (TPSA) is 41.1 Å². The van der Waals surface area contributed by atoms with Gasteiger partial charge in [0, 0.05) is 10.5 Å². The van der Waals surface area contributed by atoms with Crippen LogP contribution in [0.5, 0.6) is 0 Å². The minimum Gasteiger partial charge on any atom is -0.324 e. The predicted molar refractivity (Wildman–Crippen MR) is 82.2 cm³/mol. The molecular formula is C15H21BrN2O. The van der Waals surface area contributed by atoms with Crippen LogP contribution < -0.4 is 10.6 Å². The number of para-hydroxylation sites is 1. The predicted octanol–water partition coefficient (Wildman–Crippen LogP) is 3.56. The zero-order chi connectivity index (χ0) is 13.7. The van der Waals surface area contributed by atoms with Crippen LogP contribution in [0.1, 0.15) is 32.6 Å². The molecule has 0 bridgehead atoms. The number of halogens is 1. The number of rotatable bonds is 5. The molecule has 1 aliphatic carbocycles. The van der Waals surface area contributed by atoms with Gasteiger partial charge in [0.1, 0.15) is 0 Å². The van der Waals surface area contributed by atoms with Crippen LogP contribution in [0.25, 0.3) is 0 Å². The van der Waals surface area contributed by atoms with Gasteiger partial charge in [-0.2, -0.15) is 0 Å². The summed E-state index contributed by atoms with van der Waals surface area (Å²) in [6, 6.07) is 8.08. The maximum Gasteiger partial charge on any atom is 0.238 e. The molecule has 4 heteroatoms. The third-order valence-corrected chi connectivity index (χ3v) is 4.53. The van der Waals surface area contributed by atoms with Crippen LogP contribution in [0.3, 0.4) is 0 Å². The summed E-state index contributed by atoms with van der Waals surface area (Å²) in [6.45, 7) is 2.56. The highest BCUT2D eigenvalue weighted by molar-refractivity contribution is 9.10. The van der Waals surface area contributed by atoms with Gasteiger partial charge in [-0.3, -0.25) is 4.79 Å². The summed E-state index contributed by atoms with van der Waals surface area (Å²) in [4.78, 5) is 11.9. The van der Waals surface area contributed by atoms with Gasteiger partial charge in [-0.25, -0.2) is 0 Å². The van der Waals surface area contributed by atoms with Crippen molar-refractivity contribution in [3.63, 3.8) is 0 Å². The third-order valence-electron chi connectivity index (χ3n) is 3.84. The van der Waals surface area contributed by atoms with Gasteiger partial charge in [-0.05, 0) is 53.7 Å². The normalized spacial score (nSPS) is 17.4. The monoisotopic (exact) mass is 324 g/mol. The molecule has 1 aromatic carbocycles. The first-order valence-corrected chi connectivity index (χ1v) is 7.74. The average molecular weight is 325 g/mol. The van der Waals surface area contributed by atoms with Gasteiger partial charge in [0.25, 0.3) is 0 Å². The fourth-order valence-electron chi connectivity index (χ4n) is 2.63. The van der Waals surface area contributed by atoms with Crippen molar-refractivity contribution in [2.24, 2.45) is 5.92 Å². The van der Waals surface area contributed by atoms with Crippen LogP contribution in [0.4, 0.5) is 5.69 Å². The Kier molecular flexibility index (Phi) is 5.40. The van der Waals surface area contributed by atoms with Gasteiger partial charge in [0.05, 0.1) is 12.2 Å². The Morgan fingerprint density at radius 3 is 2.74 bits per heavy atom. The zero-order valence-corrected chi connectivity index (χ0v) is 12.9. The van der Waals surface area contributed by atoms with E-state index in [1.807, 2.05) is 24.3 Å². The molecule has 0 aromatic heterocycles. The standard InChI is InChI=1S/C15H21BrN2O/c1-11(12-6-2-3-7-12)17-10-15(19)18-14-9-5-4-8-13(14)16/h4-5,8-9,11-12,17H,2-3,6-7,10H2,1H3,(H,18,19)/t11-/m1/s1. The first-order valence-electron chi connectivity index (χ1n) is 6.94. The number of hydrogen-bond acceptors (Lipinski definition) is 2. The molecule has 1 atom stereocenters. The van der Waals surface area contributed by atoms with E-state index in [2.05, 4.69) is 33.5 Å². The molecule has 104 valence electrons. The van der Waals surface area contributed by atoms with Crippen LogP contribution in [-0.4, -0.2) is 18.5 Å². The Hall–Kier alpha value is -0.870. The van der Waals surface area contributed by atoms with E-state index in [1.165, 1.54) is 25.7 Å². The molecular weight excluding hydrogens is 304 g/mol. The van der Waals surface area contributed by atoms with Crippen LogP contribution in [-0.2, 0) is 4.79 Å². The molecule has 1 saturated carbocycles. The first-order chi connectivity index (χ1) is 9.16. The molecule has 1 fully saturated rings. The lowest BCUT2D eigenvalue weighted by Crippen LogP contribution is -2.38. The second-order valence-corrected chi connectivity index (χ2v) is 6.10. The van der Waals surface area contributed by atoms with E-state index in [1.54, 1.807) is 0 Å². The van der Waals surface area contributed by atoms with Crippen LogP contribution in [0.15, 0.2) is 28.7 Å². The van der Waals surface area contributed by atoms with Crippen molar-refractivity contribution < 1.29 is 4.79 Å². The molecule has 0 saturated heterocycles. The number of nitrogens with one attached hydrogen (secondary N) is 2. The Balaban J connectivity index is 1.77. The number of hydrogen-bond donors (Lipinski definition) is 2. The highest BCUT2D eigenvalue weighted by Crippen LogP contribution is 2.27. The Labute approximate surface area is 123 Å². The Bertz CT molecular complexity index is 430. The van der Waals surface area contributed by atoms with E-state index in [-0.39, 0.29) is 5.91 Å². The zero-order valence-electron chi connectivity index (χ0n) is 11.3. The first kappa shape index (κ1) is 14.5. The van der Waals surface area contributed by atoms with Crippen molar-refractivity contribution in [2.75, 3.05) is 11.9 Å². The second-order valence-electron chi connectivity index (χ2n) is 5.24. The van der Waals surface area contributed by atoms with E-state index in [4.69, 9.17) is 0 Å². The molecule has 2 rings (SSSR count). The summed E-state index contributed by atoms with van der Waals surface area (Å²) in [6.07, 6.45) is 5.25. The number of amides is 1. The molecule has 0 radical (unpaired) electrons. The number of benzene rings is 1. The van der Waals surface area contributed by atoms with E-state index in [9.17, 15) is 4.79 Å². The molecule has 0 heterocycles. The SMILES string of the molecule is C[C@@H](NCC(=O)Nc1ccccc1Br)C1CCCC1. The fourth-order valence-corrected chi connectivity index (χ4v) is 3.02. The van der Waals surface area contributed by atoms with Crippen LogP contribution in [0.2, 0.25) is 0 Å². The number of anilines is 1. The van der Waals surface area contributed by atoms with Gasteiger partial charge < -0.3 is 10.6 Å². The summed E-state index contributed by atoms with van der Waals surface area (Å²) in [5.74, 6) is 0.744. The van der Waals surface area contributed by atoms with Crippen molar-refractivity contribution >= 4 is 27.5 Å². The number of carbonyl (C=O) groups is 1. The number of carbonyl (C=O) groups excluding carboxylic acids is 1. The summed E-state index contributed by atoms with van der Waals surface area (Å²) in [7, 11) is 0. The summed E-state index contributed by atoms with van der Waals surface area (Å²) < 4.78 is 0.909. The molecule has 1 aromatic rings. The molecule has 3 nitrogen and oxygen atoms in total. The molecule has 1 aliphatic rings. The molecule has 0 unspecified atom stereocenters. The summed E-state index contributed by atoms with van der Waals surface area (Å²) in [5, 5.41) is 6.24. The van der Waals surface area contributed by atoms with Crippen LogP contribution >= 0.6 is 15.9 Å². The molecule has 0 aliphatic heterocycles. The highest BCUT2D eigenvalue weighted by atomic mass is 79.9. The van der Waals surface area contributed by atoms with Gasteiger partial charge in [0.15, 0.2) is 0 Å². The molecule has 2 N–H and O–H groups in total. The average Bonchev–Trinajstić information content (AvgIpc) is 2.93. The molecule has 1 amide bonds. The summed E-state index contributed by atoms with van der Waals surface area (Å²) >= 11 is 3.42. The van der Waals surface area contributed by atoms with Gasteiger partial charge in [-0.15, -0.1) is 0 Å². The van der Waals surface area contributed by atoms with E-state index >= 15 is 0 Å². The lowest BCUT2D eigenvalue weighted by Gasteiger charge is -2.20. The van der Waals surface area contributed by atoms with Crippen molar-refractivity contribution in [3.8, 4) is 0 Å². The van der Waals surface area contributed by atoms with E-state index in [0.717, 1.165) is 16.1 Å². The third kappa shape index (κ3) is 4.32. The highest BCUT2D eigenvalue weighted by Gasteiger charge is 2.21. The van der Waals surface area contributed by atoms with Crippen LogP contribution in [0, 0.1) is 5.92 Å². The maximum atomic E-state index is 11.9. The minimum atomic E-state index is 0.0109. The Morgan fingerprint density at radius 1 is 1.37 bits per heavy atom. The van der Waals surface area contributed by atoms with Gasteiger partial charge in [-0.1, -0.05) is 25.0 Å². The maximum absolute atomic E-state index is 11.9. The molecule has 19 heavy (non-hydrogen) atoms. The molecule has 0 spiro atoms. The minimum absolute atomic E-state index is 0.0109. The largest absolute Gasteiger partial charge is 0.324 e. The summed E-state index contributed by atoms with van der Waals surface area (Å²) in [5.41, 5.74) is 0.822. The lowest BCUT2D eigenvalue weighted by molar-refractivity contribution is -0.115. The second kappa shape index (κ2) is 7.06. The van der Waals surface area contributed by atoms with E-state index in [0.29, 0.717) is 12.6 Å². The quantitative estimate of drug-likeness (QED) is 0.869. The van der Waals surface area contributed by atoms with Gasteiger partial charge in [0.2, 0.25) is 5.91 Å². The lowest BCUT2D eigenvalue weighted by atomic mass is 10.00. The van der Waals surface area contributed by atoms with E-state index < -0.39 is 0 Å². The van der Waals surface area contributed by atoms with Crippen molar-refractivity contribution in [2.45, 2.75) is 38.6 Å². The Morgan fingerprint density at radius 2 is 2.05 bits per heavy atom. The fraction of sp³-hybridized carbons (Fsp3) is 0.533. The van der Waals surface area contributed by atoms with Crippen molar-refractivity contribution in [3.05, 3.63) is 28.7 Å².